The minimum absolute atomic E-state index is 0.632. The van der Waals surface area contributed by atoms with Gasteiger partial charge in [0.15, 0.2) is 0 Å². The maximum Gasteiger partial charge on any atom is 0.137 e. The van der Waals surface area contributed by atoms with Crippen LogP contribution in [0.5, 0.6) is 5.75 Å². The van der Waals surface area contributed by atoms with E-state index in [0.29, 0.717) is 5.02 Å². The van der Waals surface area contributed by atoms with Crippen molar-refractivity contribution in [1.82, 2.24) is 5.32 Å². The highest BCUT2D eigenvalue weighted by Gasteiger charge is 2.06. The van der Waals surface area contributed by atoms with Crippen LogP contribution in [0.25, 0.3) is 0 Å². The molecule has 0 aliphatic heterocycles. The van der Waals surface area contributed by atoms with Gasteiger partial charge >= 0.3 is 0 Å². The average molecular weight is 279 g/mol. The third kappa shape index (κ3) is 2.87. The minimum Gasteiger partial charge on any atom is -0.495 e. The van der Waals surface area contributed by atoms with Crippen LogP contribution in [-0.4, -0.2) is 20.7 Å². The van der Waals surface area contributed by atoms with Gasteiger partial charge in [-0.3, -0.25) is 0 Å². The molecule has 78 valence electrons. The predicted octanol–water partition coefficient (Wildman–Crippen LogP) is 2.87. The third-order valence-corrected chi connectivity index (χ3v) is 3.00. The normalized spacial score (nSPS) is 10.3. The summed E-state index contributed by atoms with van der Waals surface area (Å²) < 4.78 is 6.17. The molecule has 0 radical (unpaired) electrons. The van der Waals surface area contributed by atoms with Gasteiger partial charge < -0.3 is 10.1 Å². The van der Waals surface area contributed by atoms with E-state index in [1.165, 1.54) is 5.56 Å². The zero-order valence-electron chi connectivity index (χ0n) is 8.23. The Morgan fingerprint density at radius 2 is 2.21 bits per heavy atom. The Labute approximate surface area is 97.7 Å². The van der Waals surface area contributed by atoms with Gasteiger partial charge in [-0.1, -0.05) is 27.5 Å². The smallest absolute Gasteiger partial charge is 0.137 e. The third-order valence-electron chi connectivity index (χ3n) is 1.97. The van der Waals surface area contributed by atoms with Crippen molar-refractivity contribution in [2.75, 3.05) is 20.7 Å². The van der Waals surface area contributed by atoms with E-state index in [-0.39, 0.29) is 0 Å². The molecule has 0 atom stereocenters. The lowest BCUT2D eigenvalue weighted by molar-refractivity contribution is 0.414. The highest BCUT2D eigenvalue weighted by molar-refractivity contribution is 9.10. The van der Waals surface area contributed by atoms with Gasteiger partial charge in [0.25, 0.3) is 0 Å². The second-order valence-electron chi connectivity index (χ2n) is 2.93. The number of hydrogen-bond acceptors (Lipinski definition) is 2. The molecule has 2 nitrogen and oxygen atoms in total. The summed E-state index contributed by atoms with van der Waals surface area (Å²) in [5, 5.41) is 3.73. The van der Waals surface area contributed by atoms with Crippen LogP contribution in [0.3, 0.4) is 0 Å². The Hall–Kier alpha value is -0.250. The van der Waals surface area contributed by atoms with Gasteiger partial charge in [0.2, 0.25) is 0 Å². The van der Waals surface area contributed by atoms with Crippen LogP contribution < -0.4 is 10.1 Å². The van der Waals surface area contributed by atoms with Crippen molar-refractivity contribution in [3.8, 4) is 5.75 Å². The molecular formula is C10H13BrClNO. The molecule has 0 saturated carbocycles. The van der Waals surface area contributed by atoms with Crippen molar-refractivity contribution in [3.63, 3.8) is 0 Å². The van der Waals surface area contributed by atoms with E-state index in [1.54, 1.807) is 7.11 Å². The Morgan fingerprint density at radius 3 is 2.79 bits per heavy atom. The first kappa shape index (κ1) is 11.8. The molecule has 1 N–H and O–H groups in total. The summed E-state index contributed by atoms with van der Waals surface area (Å²) in [7, 11) is 3.55. The van der Waals surface area contributed by atoms with Gasteiger partial charge in [-0.05, 0) is 37.7 Å². The first-order chi connectivity index (χ1) is 6.69. The number of ether oxygens (including phenoxy) is 1. The number of hydrogen-bond donors (Lipinski definition) is 1. The number of halogens is 2. The SMILES string of the molecule is CNCCc1cc(OC)c(Cl)cc1Br. The summed E-state index contributed by atoms with van der Waals surface area (Å²) in [6, 6.07) is 3.83. The molecule has 0 saturated heterocycles. The standard InChI is InChI=1S/C10H13BrClNO/c1-13-4-3-7-5-10(14-2)9(12)6-8(7)11/h5-6,13H,3-4H2,1-2H3. The number of methoxy groups -OCH3 is 1. The molecule has 0 amide bonds. The molecule has 0 heterocycles. The van der Waals surface area contributed by atoms with Crippen LogP contribution in [0, 0.1) is 0 Å². The van der Waals surface area contributed by atoms with E-state index in [0.717, 1.165) is 23.2 Å². The van der Waals surface area contributed by atoms with Crippen LogP contribution in [0.1, 0.15) is 5.56 Å². The topological polar surface area (TPSA) is 21.3 Å². The van der Waals surface area contributed by atoms with Crippen LogP contribution in [0.2, 0.25) is 5.02 Å². The van der Waals surface area contributed by atoms with E-state index in [9.17, 15) is 0 Å². The lowest BCUT2D eigenvalue weighted by Gasteiger charge is -2.08. The van der Waals surface area contributed by atoms with Crippen molar-refractivity contribution < 1.29 is 4.74 Å². The molecule has 14 heavy (non-hydrogen) atoms. The van der Waals surface area contributed by atoms with Gasteiger partial charge in [-0.2, -0.15) is 0 Å². The summed E-state index contributed by atoms with van der Waals surface area (Å²) in [6.45, 7) is 0.934. The van der Waals surface area contributed by atoms with Gasteiger partial charge in [0.1, 0.15) is 5.75 Å². The zero-order valence-corrected chi connectivity index (χ0v) is 10.6. The lowest BCUT2D eigenvalue weighted by atomic mass is 10.1. The summed E-state index contributed by atoms with van der Waals surface area (Å²) in [5.74, 6) is 0.723. The van der Waals surface area contributed by atoms with E-state index in [4.69, 9.17) is 16.3 Å². The van der Waals surface area contributed by atoms with Crippen molar-refractivity contribution in [3.05, 3.63) is 27.2 Å². The first-order valence-electron chi connectivity index (χ1n) is 4.35. The molecule has 0 fully saturated rings. The van der Waals surface area contributed by atoms with E-state index in [2.05, 4.69) is 21.2 Å². The molecule has 0 spiro atoms. The second kappa shape index (κ2) is 5.59. The second-order valence-corrected chi connectivity index (χ2v) is 4.19. The molecule has 0 aromatic heterocycles. The van der Waals surface area contributed by atoms with Crippen molar-refractivity contribution in [2.24, 2.45) is 0 Å². The molecule has 1 aromatic carbocycles. The van der Waals surface area contributed by atoms with Gasteiger partial charge in [-0.25, -0.2) is 0 Å². The minimum atomic E-state index is 0.632. The van der Waals surface area contributed by atoms with Crippen LogP contribution >= 0.6 is 27.5 Å². The Kier molecular flexibility index (Phi) is 4.72. The van der Waals surface area contributed by atoms with Gasteiger partial charge in [0, 0.05) is 4.47 Å². The average Bonchev–Trinajstić information content (AvgIpc) is 2.17. The fourth-order valence-electron chi connectivity index (χ4n) is 1.18. The zero-order chi connectivity index (χ0) is 10.6. The van der Waals surface area contributed by atoms with Crippen molar-refractivity contribution in [2.45, 2.75) is 6.42 Å². The maximum absolute atomic E-state index is 5.97. The Morgan fingerprint density at radius 1 is 1.50 bits per heavy atom. The van der Waals surface area contributed by atoms with E-state index in [1.807, 2.05) is 19.2 Å². The summed E-state index contributed by atoms with van der Waals surface area (Å²) in [6.07, 6.45) is 0.949. The predicted molar refractivity (Wildman–Crippen MR) is 63.3 cm³/mol. The monoisotopic (exact) mass is 277 g/mol. The lowest BCUT2D eigenvalue weighted by Crippen LogP contribution is -2.10. The van der Waals surface area contributed by atoms with Crippen LogP contribution in [0.15, 0.2) is 16.6 Å². The summed E-state index contributed by atoms with van der Waals surface area (Å²) in [4.78, 5) is 0. The van der Waals surface area contributed by atoms with Crippen LogP contribution in [-0.2, 0) is 6.42 Å². The Balaban J connectivity index is 2.92. The van der Waals surface area contributed by atoms with Crippen molar-refractivity contribution in [1.29, 1.82) is 0 Å². The van der Waals surface area contributed by atoms with Gasteiger partial charge in [0.05, 0.1) is 12.1 Å². The molecule has 1 aromatic rings. The molecule has 0 aliphatic rings. The number of rotatable bonds is 4. The molecule has 4 heteroatoms. The number of likely N-dealkylation sites (N-methyl/N-ethyl adjacent to an activating group) is 1. The Bertz CT molecular complexity index is 317. The highest BCUT2D eigenvalue weighted by Crippen LogP contribution is 2.31. The first-order valence-corrected chi connectivity index (χ1v) is 5.52. The van der Waals surface area contributed by atoms with E-state index >= 15 is 0 Å². The van der Waals surface area contributed by atoms with Crippen LogP contribution in [0.4, 0.5) is 0 Å². The molecule has 1 rings (SSSR count). The highest BCUT2D eigenvalue weighted by atomic mass is 79.9. The summed E-state index contributed by atoms with van der Waals surface area (Å²) >= 11 is 9.44. The molecule has 0 aliphatic carbocycles. The molecule has 0 bridgehead atoms. The number of nitrogens with one attached hydrogen (secondary N) is 1. The van der Waals surface area contributed by atoms with Crippen molar-refractivity contribution >= 4 is 27.5 Å². The van der Waals surface area contributed by atoms with Gasteiger partial charge in [-0.15, -0.1) is 0 Å². The van der Waals surface area contributed by atoms with E-state index < -0.39 is 0 Å². The quantitative estimate of drug-likeness (QED) is 0.914. The molecular weight excluding hydrogens is 265 g/mol. The number of benzene rings is 1. The molecule has 0 unspecified atom stereocenters. The maximum atomic E-state index is 5.97. The largest absolute Gasteiger partial charge is 0.495 e. The fourth-order valence-corrected chi connectivity index (χ4v) is 2.09. The fraction of sp³-hybridized carbons (Fsp3) is 0.400. The summed E-state index contributed by atoms with van der Waals surface area (Å²) in [5.41, 5.74) is 1.20.